The summed E-state index contributed by atoms with van der Waals surface area (Å²) in [4.78, 5) is 34.9. The molecule has 7 nitrogen and oxygen atoms in total. The largest absolute Gasteiger partial charge is 0.322 e. The monoisotopic (exact) mass is 570 g/mol. The first kappa shape index (κ1) is 29.1. The Morgan fingerprint density at radius 1 is 0.952 bits per heavy atom. The number of fused-ring (bicyclic) bond motifs is 1. The van der Waals surface area contributed by atoms with Gasteiger partial charge < -0.3 is 15.5 Å². The molecule has 1 saturated carbocycles. The van der Waals surface area contributed by atoms with E-state index in [4.69, 9.17) is 4.99 Å². The van der Waals surface area contributed by atoms with E-state index in [0.717, 1.165) is 66.9 Å². The molecule has 0 radical (unpaired) electrons. The standard InChI is InChI=1S/C35H47N5O2/c1-2-22-39-31-17-8-7-16-30(31)32(26-12-5-3-6-13-26)37-33(35(39)42)38-34(41)27-14-11-15-29(25-27)40(23-9-4-10-24-40)28-18-20-36-21-19-28/h7-8,11,14-17,25-26,28,33,36H,2-6,9-10,12-13,18-24H2,1H3/p+1. The van der Waals surface area contributed by atoms with Gasteiger partial charge in [-0.15, -0.1) is 0 Å². The van der Waals surface area contributed by atoms with E-state index in [2.05, 4.69) is 35.8 Å². The molecule has 7 heteroatoms. The van der Waals surface area contributed by atoms with Crippen LogP contribution in [0.3, 0.4) is 0 Å². The van der Waals surface area contributed by atoms with E-state index in [1.54, 1.807) is 0 Å². The fourth-order valence-corrected chi connectivity index (χ4v) is 8.05. The summed E-state index contributed by atoms with van der Waals surface area (Å²) in [5, 5.41) is 6.64. The number of piperidine rings is 2. The van der Waals surface area contributed by atoms with Gasteiger partial charge in [0.05, 0.1) is 30.5 Å². The maximum Gasteiger partial charge on any atom is 0.272 e. The molecular formula is C35H48N5O2+. The van der Waals surface area contributed by atoms with Gasteiger partial charge in [0.1, 0.15) is 5.69 Å². The van der Waals surface area contributed by atoms with Crippen LogP contribution in [0.4, 0.5) is 11.4 Å². The minimum atomic E-state index is -0.931. The van der Waals surface area contributed by atoms with Gasteiger partial charge in [0.2, 0.25) is 6.17 Å². The number of nitrogens with zero attached hydrogens (tertiary/aromatic N) is 3. The number of para-hydroxylation sites is 1. The third-order valence-electron chi connectivity index (χ3n) is 10.2. The summed E-state index contributed by atoms with van der Waals surface area (Å²) in [6, 6.07) is 17.0. The first-order valence-electron chi connectivity index (χ1n) is 16.6. The van der Waals surface area contributed by atoms with Crippen molar-refractivity contribution in [2.45, 2.75) is 89.8 Å². The van der Waals surface area contributed by atoms with Crippen LogP contribution in [-0.2, 0) is 4.79 Å². The van der Waals surface area contributed by atoms with Crippen molar-refractivity contribution >= 4 is 28.9 Å². The van der Waals surface area contributed by atoms with Crippen LogP contribution in [0.1, 0.15) is 93.5 Å². The SMILES string of the molecule is CCCN1C(=O)C(NC(=O)c2cccc([N+]3(C4CCNCC4)CCCCC3)c2)N=C(C2CCCCC2)c2ccccc21. The Balaban J connectivity index is 1.32. The highest BCUT2D eigenvalue weighted by molar-refractivity contribution is 6.14. The molecule has 0 bridgehead atoms. The van der Waals surface area contributed by atoms with Gasteiger partial charge in [-0.25, -0.2) is 0 Å². The zero-order valence-electron chi connectivity index (χ0n) is 25.3. The van der Waals surface area contributed by atoms with Crippen LogP contribution in [-0.4, -0.2) is 62.5 Å². The van der Waals surface area contributed by atoms with Crippen molar-refractivity contribution in [1.82, 2.24) is 15.1 Å². The highest BCUT2D eigenvalue weighted by Gasteiger charge is 2.41. The maximum atomic E-state index is 14.1. The molecule has 2 aromatic rings. The van der Waals surface area contributed by atoms with Gasteiger partial charge in [0.15, 0.2) is 0 Å². The number of carbonyl (C=O) groups is 2. The van der Waals surface area contributed by atoms with Crippen LogP contribution < -0.4 is 20.0 Å². The van der Waals surface area contributed by atoms with Crippen molar-refractivity contribution in [3.05, 3.63) is 59.7 Å². The summed E-state index contributed by atoms with van der Waals surface area (Å²) < 4.78 is 0.981. The number of anilines is 1. The summed E-state index contributed by atoms with van der Waals surface area (Å²) in [7, 11) is 0. The van der Waals surface area contributed by atoms with E-state index in [-0.39, 0.29) is 11.8 Å². The van der Waals surface area contributed by atoms with Gasteiger partial charge >= 0.3 is 0 Å². The second-order valence-corrected chi connectivity index (χ2v) is 12.8. The number of benzodiazepines with no additional fused rings is 1. The smallest absolute Gasteiger partial charge is 0.272 e. The predicted molar refractivity (Wildman–Crippen MR) is 171 cm³/mol. The molecule has 1 unspecified atom stereocenters. The van der Waals surface area contributed by atoms with Crippen molar-refractivity contribution in [1.29, 1.82) is 0 Å². The minimum absolute atomic E-state index is 0.145. The topological polar surface area (TPSA) is 73.8 Å². The lowest BCUT2D eigenvalue weighted by atomic mass is 9.83. The lowest BCUT2D eigenvalue weighted by Gasteiger charge is -2.48. The molecule has 224 valence electrons. The average molecular weight is 571 g/mol. The van der Waals surface area contributed by atoms with E-state index in [1.807, 2.05) is 35.2 Å². The second kappa shape index (κ2) is 13.1. The van der Waals surface area contributed by atoms with Gasteiger partial charge in [0.25, 0.3) is 11.8 Å². The summed E-state index contributed by atoms with van der Waals surface area (Å²) >= 11 is 0. The van der Waals surface area contributed by atoms with E-state index >= 15 is 0 Å². The molecule has 6 rings (SSSR count). The van der Waals surface area contributed by atoms with Crippen LogP contribution >= 0.6 is 0 Å². The number of amides is 2. The van der Waals surface area contributed by atoms with E-state index < -0.39 is 6.17 Å². The summed E-state index contributed by atoms with van der Waals surface area (Å²) in [6.07, 6.45) is 11.7. The summed E-state index contributed by atoms with van der Waals surface area (Å²) in [6.45, 7) is 7.08. The van der Waals surface area contributed by atoms with Crippen molar-refractivity contribution in [2.75, 3.05) is 37.6 Å². The normalized spacial score (nSPS) is 23.5. The number of likely N-dealkylation sites (tertiary alicyclic amines) is 1. The Labute approximate surface area is 251 Å². The molecule has 2 amide bonds. The van der Waals surface area contributed by atoms with Crippen LogP contribution in [0.15, 0.2) is 53.5 Å². The molecule has 4 aliphatic rings. The first-order valence-corrected chi connectivity index (χ1v) is 16.6. The number of rotatable bonds is 7. The molecule has 0 spiro atoms. The molecule has 0 aromatic heterocycles. The Kier molecular flexibility index (Phi) is 9.06. The Morgan fingerprint density at radius 2 is 1.69 bits per heavy atom. The molecule has 3 fully saturated rings. The molecule has 42 heavy (non-hydrogen) atoms. The lowest BCUT2D eigenvalue weighted by Crippen LogP contribution is -2.62. The third kappa shape index (κ3) is 5.78. The van der Waals surface area contributed by atoms with Crippen molar-refractivity contribution < 1.29 is 9.59 Å². The van der Waals surface area contributed by atoms with Crippen LogP contribution in [0.25, 0.3) is 0 Å². The van der Waals surface area contributed by atoms with Crippen LogP contribution in [0, 0.1) is 5.92 Å². The van der Waals surface area contributed by atoms with Crippen molar-refractivity contribution in [2.24, 2.45) is 10.9 Å². The summed E-state index contributed by atoms with van der Waals surface area (Å²) in [5.74, 6) is -0.0517. The molecule has 1 aliphatic carbocycles. The zero-order chi connectivity index (χ0) is 28.9. The highest BCUT2D eigenvalue weighted by Crippen LogP contribution is 2.36. The molecule has 1 atom stereocenters. The number of quaternary nitrogens is 1. The molecule has 2 saturated heterocycles. The van der Waals surface area contributed by atoms with Crippen LogP contribution in [0.5, 0.6) is 0 Å². The average Bonchev–Trinajstić information content (AvgIpc) is 3.17. The Hall–Kier alpha value is -3.03. The van der Waals surface area contributed by atoms with Gasteiger partial charge in [-0.3, -0.25) is 19.1 Å². The van der Waals surface area contributed by atoms with E-state index in [0.29, 0.717) is 24.1 Å². The number of carbonyl (C=O) groups excluding carboxylic acids is 2. The van der Waals surface area contributed by atoms with Gasteiger partial charge in [-0.2, -0.15) is 0 Å². The molecule has 3 heterocycles. The number of nitrogens with one attached hydrogen (secondary N) is 2. The van der Waals surface area contributed by atoms with Crippen molar-refractivity contribution in [3.8, 4) is 0 Å². The minimum Gasteiger partial charge on any atom is -0.322 e. The highest BCUT2D eigenvalue weighted by atomic mass is 16.2. The Morgan fingerprint density at radius 3 is 2.45 bits per heavy atom. The molecule has 3 aliphatic heterocycles. The lowest BCUT2D eigenvalue weighted by molar-refractivity contribution is -0.120. The quantitative estimate of drug-likeness (QED) is 0.413. The van der Waals surface area contributed by atoms with Gasteiger partial charge in [-0.1, -0.05) is 50.5 Å². The predicted octanol–water partition coefficient (Wildman–Crippen LogP) is 5.81. The maximum absolute atomic E-state index is 14.1. The molecule has 2 N–H and O–H groups in total. The number of hydrogen-bond acceptors (Lipinski definition) is 4. The van der Waals surface area contributed by atoms with E-state index in [9.17, 15) is 9.59 Å². The number of aliphatic imine (C=N–C) groups is 1. The Bertz CT molecular complexity index is 1290. The summed E-state index contributed by atoms with van der Waals surface area (Å²) in [5.41, 5.74) is 4.82. The van der Waals surface area contributed by atoms with Crippen molar-refractivity contribution in [3.63, 3.8) is 0 Å². The molecule has 2 aromatic carbocycles. The van der Waals surface area contributed by atoms with E-state index in [1.165, 1.54) is 57.1 Å². The van der Waals surface area contributed by atoms with Crippen LogP contribution in [0.2, 0.25) is 0 Å². The second-order valence-electron chi connectivity index (χ2n) is 12.8. The third-order valence-corrected chi connectivity index (χ3v) is 10.2. The van der Waals surface area contributed by atoms with Gasteiger partial charge in [0, 0.05) is 55.6 Å². The molecular weight excluding hydrogens is 522 g/mol. The fourth-order valence-electron chi connectivity index (χ4n) is 8.05. The van der Waals surface area contributed by atoms with Gasteiger partial charge in [-0.05, 0) is 56.7 Å². The number of hydrogen-bond donors (Lipinski definition) is 2. The number of benzene rings is 2. The first-order chi connectivity index (χ1) is 20.6. The fraction of sp³-hybridized carbons (Fsp3) is 0.571. The zero-order valence-corrected chi connectivity index (χ0v) is 25.3.